The normalized spacial score (nSPS) is 10.5. The Kier molecular flexibility index (Phi) is 7.76. The van der Waals surface area contributed by atoms with Crippen LogP contribution in [0.15, 0.2) is 85.2 Å². The molecule has 5 nitrogen and oxygen atoms in total. The topological polar surface area (TPSA) is 66.2 Å². The van der Waals surface area contributed by atoms with Crippen LogP contribution in [0.4, 0.5) is 0 Å². The number of amides is 1. The average Bonchev–Trinajstić information content (AvgIpc) is 2.80. The summed E-state index contributed by atoms with van der Waals surface area (Å²) in [6.45, 7) is 1.27. The van der Waals surface area contributed by atoms with E-state index in [0.29, 0.717) is 19.7 Å². The third kappa shape index (κ3) is 6.61. The molecule has 150 valence electrons. The maximum Gasteiger partial charge on any atom is 0.246 e. The number of aromatic nitrogens is 1. The highest BCUT2D eigenvalue weighted by Gasteiger charge is 2.11. The van der Waals surface area contributed by atoms with E-state index in [9.17, 15) is 4.79 Å². The molecule has 0 N–H and O–H groups in total. The fraction of sp³-hybridized carbons (Fsp3) is 0.160. The summed E-state index contributed by atoms with van der Waals surface area (Å²) in [5, 5.41) is 8.90. The number of hydrogen-bond donors (Lipinski definition) is 0. The molecule has 0 aliphatic heterocycles. The van der Waals surface area contributed by atoms with Gasteiger partial charge in [0, 0.05) is 31.6 Å². The Morgan fingerprint density at radius 1 is 1.07 bits per heavy atom. The van der Waals surface area contributed by atoms with Crippen molar-refractivity contribution < 1.29 is 9.53 Å². The zero-order valence-corrected chi connectivity index (χ0v) is 16.6. The number of rotatable bonds is 9. The van der Waals surface area contributed by atoms with Crippen LogP contribution in [0.25, 0.3) is 6.08 Å². The van der Waals surface area contributed by atoms with Crippen LogP contribution in [-0.4, -0.2) is 22.3 Å². The zero-order chi connectivity index (χ0) is 21.0. The van der Waals surface area contributed by atoms with Crippen molar-refractivity contribution in [3.8, 4) is 11.8 Å². The van der Waals surface area contributed by atoms with Crippen LogP contribution in [-0.2, 0) is 17.9 Å². The van der Waals surface area contributed by atoms with Gasteiger partial charge in [-0.1, -0.05) is 48.5 Å². The van der Waals surface area contributed by atoms with E-state index in [1.807, 2.05) is 66.7 Å². The second kappa shape index (κ2) is 11.2. The molecule has 0 aliphatic carbocycles. The first-order chi connectivity index (χ1) is 14.7. The van der Waals surface area contributed by atoms with Gasteiger partial charge in [-0.3, -0.25) is 9.78 Å². The van der Waals surface area contributed by atoms with E-state index in [1.54, 1.807) is 23.4 Å². The molecule has 5 heteroatoms. The van der Waals surface area contributed by atoms with Crippen LogP contribution in [0.2, 0.25) is 0 Å². The van der Waals surface area contributed by atoms with E-state index in [-0.39, 0.29) is 12.3 Å². The van der Waals surface area contributed by atoms with Crippen molar-refractivity contribution in [2.75, 3.05) is 6.54 Å². The molecule has 0 radical (unpaired) electrons. The number of benzene rings is 2. The Bertz CT molecular complexity index is 1010. The molecule has 0 atom stereocenters. The van der Waals surface area contributed by atoms with E-state index in [4.69, 9.17) is 10.00 Å². The Balaban J connectivity index is 1.63. The van der Waals surface area contributed by atoms with Gasteiger partial charge in [0.25, 0.3) is 0 Å². The molecule has 3 aromatic rings. The molecule has 0 aliphatic rings. The maximum atomic E-state index is 12.7. The second-order valence-corrected chi connectivity index (χ2v) is 6.71. The molecule has 0 saturated carbocycles. The number of carbonyl (C=O) groups excluding carboxylic acids is 1. The lowest BCUT2D eigenvalue weighted by molar-refractivity contribution is -0.126. The van der Waals surface area contributed by atoms with Crippen molar-refractivity contribution in [2.45, 2.75) is 19.6 Å². The van der Waals surface area contributed by atoms with Crippen LogP contribution >= 0.6 is 0 Å². The first-order valence-electron chi connectivity index (χ1n) is 9.74. The Morgan fingerprint density at radius 2 is 1.90 bits per heavy atom. The molecular weight excluding hydrogens is 374 g/mol. The molecule has 0 saturated heterocycles. The SMILES string of the molecule is N#CCCN(Cc1cccnc1)C(=O)C=Cc1cccc(OCc2ccccc2)c1. The molecule has 2 aromatic carbocycles. The monoisotopic (exact) mass is 397 g/mol. The van der Waals surface area contributed by atoms with Crippen molar-refractivity contribution >= 4 is 12.0 Å². The minimum Gasteiger partial charge on any atom is -0.489 e. The maximum absolute atomic E-state index is 12.7. The second-order valence-electron chi connectivity index (χ2n) is 6.71. The van der Waals surface area contributed by atoms with E-state index in [0.717, 1.165) is 22.4 Å². The molecule has 0 unspecified atom stereocenters. The smallest absolute Gasteiger partial charge is 0.246 e. The molecule has 0 bridgehead atoms. The van der Waals surface area contributed by atoms with Crippen molar-refractivity contribution in [1.82, 2.24) is 9.88 Å². The van der Waals surface area contributed by atoms with Gasteiger partial charge in [-0.2, -0.15) is 5.26 Å². The number of ether oxygens (including phenoxy) is 1. The van der Waals surface area contributed by atoms with Gasteiger partial charge in [0.05, 0.1) is 12.5 Å². The number of nitriles is 1. The summed E-state index contributed by atoms with van der Waals surface area (Å²) in [5.41, 5.74) is 2.89. The van der Waals surface area contributed by atoms with Crippen molar-refractivity contribution in [2.24, 2.45) is 0 Å². The van der Waals surface area contributed by atoms with Gasteiger partial charge in [0.15, 0.2) is 0 Å². The summed E-state index contributed by atoms with van der Waals surface area (Å²) < 4.78 is 5.85. The largest absolute Gasteiger partial charge is 0.489 e. The summed E-state index contributed by atoms with van der Waals surface area (Å²) in [6.07, 6.45) is 6.99. The first-order valence-corrected chi connectivity index (χ1v) is 9.74. The van der Waals surface area contributed by atoms with Gasteiger partial charge >= 0.3 is 0 Å². The Hall–Kier alpha value is -3.91. The number of carbonyl (C=O) groups is 1. The van der Waals surface area contributed by atoms with Crippen LogP contribution in [0.3, 0.4) is 0 Å². The number of hydrogen-bond acceptors (Lipinski definition) is 4. The lowest BCUT2D eigenvalue weighted by Gasteiger charge is -2.19. The van der Waals surface area contributed by atoms with Gasteiger partial charge in [-0.05, 0) is 41.0 Å². The number of pyridine rings is 1. The van der Waals surface area contributed by atoms with Crippen LogP contribution in [0.1, 0.15) is 23.1 Å². The van der Waals surface area contributed by atoms with Gasteiger partial charge in [-0.15, -0.1) is 0 Å². The quantitative estimate of drug-likeness (QED) is 0.494. The highest BCUT2D eigenvalue weighted by atomic mass is 16.5. The lowest BCUT2D eigenvalue weighted by Crippen LogP contribution is -2.29. The van der Waals surface area contributed by atoms with Gasteiger partial charge in [-0.25, -0.2) is 0 Å². The van der Waals surface area contributed by atoms with E-state index in [1.165, 1.54) is 6.08 Å². The predicted molar refractivity (Wildman–Crippen MR) is 116 cm³/mol. The van der Waals surface area contributed by atoms with Gasteiger partial charge in [0.1, 0.15) is 12.4 Å². The summed E-state index contributed by atoms with van der Waals surface area (Å²) in [4.78, 5) is 18.4. The van der Waals surface area contributed by atoms with Crippen molar-refractivity contribution in [3.05, 3.63) is 102 Å². The molecule has 1 aromatic heterocycles. The Labute approximate surface area is 176 Å². The molecule has 0 spiro atoms. The lowest BCUT2D eigenvalue weighted by atomic mass is 10.2. The Morgan fingerprint density at radius 3 is 2.67 bits per heavy atom. The fourth-order valence-corrected chi connectivity index (χ4v) is 2.89. The minimum absolute atomic E-state index is 0.148. The molecule has 30 heavy (non-hydrogen) atoms. The van der Waals surface area contributed by atoms with Crippen LogP contribution in [0.5, 0.6) is 5.75 Å². The molecule has 0 fully saturated rings. The summed E-state index contributed by atoms with van der Waals surface area (Å²) in [5.74, 6) is 0.592. The number of nitrogens with zero attached hydrogens (tertiary/aromatic N) is 3. The third-order valence-electron chi connectivity index (χ3n) is 4.43. The first kappa shape index (κ1) is 20.8. The van der Waals surface area contributed by atoms with Crippen molar-refractivity contribution in [1.29, 1.82) is 5.26 Å². The summed E-state index contributed by atoms with van der Waals surface area (Å²) in [6, 6.07) is 23.4. The highest BCUT2D eigenvalue weighted by molar-refractivity contribution is 5.91. The van der Waals surface area contributed by atoms with E-state index >= 15 is 0 Å². The molecule has 1 heterocycles. The standard InChI is InChI=1S/C25H23N3O2/c26-14-6-16-28(19-23-10-5-15-27-18-23)25(29)13-12-21-9-4-11-24(17-21)30-20-22-7-2-1-3-8-22/h1-5,7-13,15,17-18H,6,16,19-20H2. The van der Waals surface area contributed by atoms with Gasteiger partial charge < -0.3 is 9.64 Å². The zero-order valence-electron chi connectivity index (χ0n) is 16.6. The van der Waals surface area contributed by atoms with Crippen LogP contribution in [0, 0.1) is 11.3 Å². The fourth-order valence-electron chi connectivity index (χ4n) is 2.89. The predicted octanol–water partition coefficient (Wildman–Crippen LogP) is 4.62. The third-order valence-corrected chi connectivity index (χ3v) is 4.43. The highest BCUT2D eigenvalue weighted by Crippen LogP contribution is 2.16. The van der Waals surface area contributed by atoms with Gasteiger partial charge in [0.2, 0.25) is 5.91 Å². The average molecular weight is 397 g/mol. The minimum atomic E-state index is -0.148. The van der Waals surface area contributed by atoms with E-state index < -0.39 is 0 Å². The van der Waals surface area contributed by atoms with Crippen LogP contribution < -0.4 is 4.74 Å². The molecular formula is C25H23N3O2. The summed E-state index contributed by atoms with van der Waals surface area (Å²) in [7, 11) is 0. The van der Waals surface area contributed by atoms with E-state index in [2.05, 4.69) is 11.1 Å². The molecule has 1 amide bonds. The molecule has 3 rings (SSSR count). The summed E-state index contributed by atoms with van der Waals surface area (Å²) >= 11 is 0. The van der Waals surface area contributed by atoms with Crippen molar-refractivity contribution in [3.63, 3.8) is 0 Å².